The predicted octanol–water partition coefficient (Wildman–Crippen LogP) is 4.84. The van der Waals surface area contributed by atoms with Crippen molar-refractivity contribution in [2.45, 2.75) is 58.2 Å². The van der Waals surface area contributed by atoms with Crippen molar-refractivity contribution < 1.29 is 23.1 Å². The average molecular weight is 383 g/mol. The third-order valence-corrected chi connectivity index (χ3v) is 5.67. The van der Waals surface area contributed by atoms with Gasteiger partial charge in [-0.3, -0.25) is 0 Å². The van der Waals surface area contributed by atoms with Crippen LogP contribution < -0.4 is 0 Å². The summed E-state index contributed by atoms with van der Waals surface area (Å²) in [4.78, 5) is 17.9. The van der Waals surface area contributed by atoms with Gasteiger partial charge in [-0.05, 0) is 36.8 Å². The second-order valence-electron chi connectivity index (χ2n) is 8.26. The highest BCUT2D eigenvalue weighted by molar-refractivity contribution is 5.66. The third-order valence-electron chi connectivity index (χ3n) is 5.67. The minimum absolute atomic E-state index is 0.348. The first kappa shape index (κ1) is 19.5. The molecule has 2 aromatic heterocycles. The predicted molar refractivity (Wildman–Crippen MR) is 94.7 cm³/mol. The van der Waals surface area contributed by atoms with Crippen LogP contribution in [0.1, 0.15) is 51.3 Å². The molecule has 3 heterocycles. The maximum atomic E-state index is 12.9. The molecule has 0 aromatic carbocycles. The molecule has 5 nitrogen and oxygen atoms in total. The monoisotopic (exact) mass is 383 g/mol. The molecule has 1 N–H and O–H groups in total. The Morgan fingerprint density at radius 2 is 1.93 bits per heavy atom. The second kappa shape index (κ2) is 6.42. The minimum atomic E-state index is -4.42. The molecule has 2 aromatic rings. The molecular weight excluding hydrogens is 359 g/mol. The van der Waals surface area contributed by atoms with Gasteiger partial charge in [-0.15, -0.1) is 0 Å². The van der Waals surface area contributed by atoms with Crippen LogP contribution in [0.3, 0.4) is 0 Å². The van der Waals surface area contributed by atoms with Crippen molar-refractivity contribution in [1.82, 2.24) is 14.3 Å². The van der Waals surface area contributed by atoms with Crippen LogP contribution in [0.25, 0.3) is 5.65 Å². The van der Waals surface area contributed by atoms with Gasteiger partial charge < -0.3 is 14.4 Å². The maximum absolute atomic E-state index is 12.9. The van der Waals surface area contributed by atoms with Gasteiger partial charge in [-0.1, -0.05) is 20.8 Å². The van der Waals surface area contributed by atoms with Crippen LogP contribution in [0, 0.1) is 5.41 Å². The fraction of sp³-hybridized carbons (Fsp3) is 0.579. The fourth-order valence-electron chi connectivity index (χ4n) is 4.14. The topological polar surface area (TPSA) is 57.8 Å². The fourth-order valence-corrected chi connectivity index (χ4v) is 4.14. The molecule has 0 aliphatic carbocycles. The van der Waals surface area contributed by atoms with E-state index in [-0.39, 0.29) is 5.41 Å². The van der Waals surface area contributed by atoms with Crippen LogP contribution in [-0.2, 0) is 12.6 Å². The van der Waals surface area contributed by atoms with Crippen molar-refractivity contribution in [3.8, 4) is 0 Å². The SMILES string of the molecule is CC(C)(C)[C@@]1(Cc2cn3cc(C(F)(F)F)ccc3n2)CCCCN1C(=O)O. The minimum Gasteiger partial charge on any atom is -0.465 e. The highest BCUT2D eigenvalue weighted by Crippen LogP contribution is 2.45. The van der Waals surface area contributed by atoms with Crippen molar-refractivity contribution in [2.24, 2.45) is 5.41 Å². The Kier molecular flexibility index (Phi) is 4.64. The number of hydrogen-bond acceptors (Lipinski definition) is 2. The lowest BCUT2D eigenvalue weighted by Gasteiger charge is -2.53. The Labute approximate surface area is 155 Å². The van der Waals surface area contributed by atoms with E-state index in [2.05, 4.69) is 4.98 Å². The van der Waals surface area contributed by atoms with Crippen LogP contribution in [0.2, 0.25) is 0 Å². The molecular formula is C19H24F3N3O2. The Morgan fingerprint density at radius 1 is 1.22 bits per heavy atom. The number of carboxylic acid groups (broad SMARTS) is 1. The molecule has 0 unspecified atom stereocenters. The zero-order valence-electron chi connectivity index (χ0n) is 15.7. The molecule has 8 heteroatoms. The smallest absolute Gasteiger partial charge is 0.417 e. The number of imidazole rings is 1. The number of pyridine rings is 1. The Bertz CT molecular complexity index is 854. The number of alkyl halides is 3. The van der Waals surface area contributed by atoms with Gasteiger partial charge in [0.05, 0.1) is 16.8 Å². The Balaban J connectivity index is 2.02. The molecule has 1 aliphatic rings. The molecule has 0 bridgehead atoms. The van der Waals surface area contributed by atoms with Crippen LogP contribution in [0.4, 0.5) is 18.0 Å². The summed E-state index contributed by atoms with van der Waals surface area (Å²) >= 11 is 0. The number of aromatic nitrogens is 2. The third kappa shape index (κ3) is 3.49. The summed E-state index contributed by atoms with van der Waals surface area (Å²) in [6.45, 7) is 6.47. The highest BCUT2D eigenvalue weighted by Gasteiger charge is 2.50. The van der Waals surface area contributed by atoms with Crippen LogP contribution in [0.5, 0.6) is 0 Å². The molecule has 0 radical (unpaired) electrons. The van der Waals surface area contributed by atoms with Gasteiger partial charge >= 0.3 is 12.3 Å². The standard InChI is InChI=1S/C19H24F3N3O2/c1-17(2,3)18(8-4-5-9-25(18)16(26)27)10-14-12-24-11-13(19(20,21)22)6-7-15(24)23-14/h6-7,11-12H,4-5,8-10H2,1-3H3,(H,26,27)/t18-/m0/s1. The van der Waals surface area contributed by atoms with E-state index in [4.69, 9.17) is 0 Å². The van der Waals surface area contributed by atoms with Crippen LogP contribution in [-0.4, -0.2) is 37.6 Å². The van der Waals surface area contributed by atoms with E-state index in [0.29, 0.717) is 30.7 Å². The number of piperidine rings is 1. The first-order valence-corrected chi connectivity index (χ1v) is 8.99. The summed E-state index contributed by atoms with van der Waals surface area (Å²) < 4.78 is 40.2. The summed E-state index contributed by atoms with van der Waals surface area (Å²) in [5, 5.41) is 9.76. The lowest BCUT2D eigenvalue weighted by molar-refractivity contribution is -0.137. The molecule has 1 aliphatic heterocycles. The van der Waals surface area contributed by atoms with E-state index in [9.17, 15) is 23.1 Å². The largest absolute Gasteiger partial charge is 0.465 e. The van der Waals surface area contributed by atoms with E-state index in [0.717, 1.165) is 25.1 Å². The van der Waals surface area contributed by atoms with Crippen molar-refractivity contribution >= 4 is 11.7 Å². The van der Waals surface area contributed by atoms with Gasteiger partial charge in [0.25, 0.3) is 0 Å². The van der Waals surface area contributed by atoms with E-state index in [1.807, 2.05) is 20.8 Å². The van der Waals surface area contributed by atoms with E-state index >= 15 is 0 Å². The van der Waals surface area contributed by atoms with Crippen molar-refractivity contribution in [3.05, 3.63) is 35.8 Å². The summed E-state index contributed by atoms with van der Waals surface area (Å²) in [6.07, 6.45) is -0.00667. The van der Waals surface area contributed by atoms with Gasteiger partial charge in [-0.25, -0.2) is 9.78 Å². The number of halogens is 3. The van der Waals surface area contributed by atoms with Crippen molar-refractivity contribution in [2.75, 3.05) is 6.54 Å². The quantitative estimate of drug-likeness (QED) is 0.807. The molecule has 27 heavy (non-hydrogen) atoms. The first-order chi connectivity index (χ1) is 12.4. The van der Waals surface area contributed by atoms with Gasteiger partial charge in [0.15, 0.2) is 0 Å². The first-order valence-electron chi connectivity index (χ1n) is 8.99. The zero-order chi connectivity index (χ0) is 20.0. The summed E-state index contributed by atoms with van der Waals surface area (Å²) in [7, 11) is 0. The number of rotatable bonds is 2. The lowest BCUT2D eigenvalue weighted by Crippen LogP contribution is -2.62. The summed E-state index contributed by atoms with van der Waals surface area (Å²) in [5.74, 6) is 0. The van der Waals surface area contributed by atoms with E-state index < -0.39 is 23.4 Å². The maximum Gasteiger partial charge on any atom is 0.417 e. The molecule has 0 saturated carbocycles. The molecule has 3 rings (SSSR count). The molecule has 1 saturated heterocycles. The number of carbonyl (C=O) groups is 1. The van der Waals surface area contributed by atoms with Gasteiger partial charge in [0.2, 0.25) is 0 Å². The Morgan fingerprint density at radius 3 is 2.52 bits per heavy atom. The van der Waals surface area contributed by atoms with Gasteiger partial charge in [0.1, 0.15) is 5.65 Å². The summed E-state index contributed by atoms with van der Waals surface area (Å²) in [5.41, 5.74) is -0.730. The van der Waals surface area contributed by atoms with Crippen molar-refractivity contribution in [3.63, 3.8) is 0 Å². The van der Waals surface area contributed by atoms with Crippen LogP contribution >= 0.6 is 0 Å². The van der Waals surface area contributed by atoms with Crippen LogP contribution in [0.15, 0.2) is 24.5 Å². The normalized spacial score (nSPS) is 21.6. The highest BCUT2D eigenvalue weighted by atomic mass is 19.4. The number of likely N-dealkylation sites (tertiary alicyclic amines) is 1. The number of hydrogen-bond donors (Lipinski definition) is 1. The van der Waals surface area contributed by atoms with E-state index in [1.165, 1.54) is 15.4 Å². The van der Waals surface area contributed by atoms with Gasteiger partial charge in [-0.2, -0.15) is 13.2 Å². The molecule has 148 valence electrons. The zero-order valence-corrected chi connectivity index (χ0v) is 15.7. The molecule has 1 amide bonds. The summed E-state index contributed by atoms with van der Waals surface area (Å²) in [6, 6.07) is 2.35. The van der Waals surface area contributed by atoms with Crippen molar-refractivity contribution in [1.29, 1.82) is 0 Å². The average Bonchev–Trinajstić information content (AvgIpc) is 2.94. The lowest BCUT2D eigenvalue weighted by atomic mass is 9.65. The number of amides is 1. The second-order valence-corrected chi connectivity index (χ2v) is 8.26. The number of fused-ring (bicyclic) bond motifs is 1. The molecule has 1 atom stereocenters. The number of nitrogens with zero attached hydrogens (tertiary/aromatic N) is 3. The Hall–Kier alpha value is -2.25. The molecule has 1 fully saturated rings. The molecule has 0 spiro atoms. The van der Waals surface area contributed by atoms with Gasteiger partial charge in [0, 0.05) is 25.4 Å². The van der Waals surface area contributed by atoms with E-state index in [1.54, 1.807) is 6.20 Å².